The van der Waals surface area contributed by atoms with Gasteiger partial charge in [0.25, 0.3) is 0 Å². The van der Waals surface area contributed by atoms with Gasteiger partial charge in [0.2, 0.25) is 0 Å². The van der Waals surface area contributed by atoms with E-state index in [4.69, 9.17) is 0 Å². The smallest absolute Gasteiger partial charge is 0.305 e. The monoisotopic (exact) mass is 251 g/mol. The lowest BCUT2D eigenvalue weighted by Gasteiger charge is -2.13. The van der Waals surface area contributed by atoms with E-state index in [1.54, 1.807) is 0 Å². The van der Waals surface area contributed by atoms with Crippen molar-refractivity contribution in [2.24, 2.45) is 0 Å². The highest BCUT2D eigenvalue weighted by atomic mass is 16.5. The Bertz CT molecular complexity index is 384. The highest BCUT2D eigenvalue weighted by molar-refractivity contribution is 5.69. The Kier molecular flexibility index (Phi) is 5.65. The van der Waals surface area contributed by atoms with Gasteiger partial charge in [0.05, 0.1) is 13.2 Å². The second-order valence-electron chi connectivity index (χ2n) is 4.53. The lowest BCUT2D eigenvalue weighted by Crippen LogP contribution is -2.20. The molecule has 4 heteroatoms. The molecule has 0 heterocycles. The summed E-state index contributed by atoms with van der Waals surface area (Å²) in [5, 5.41) is 12.9. The molecule has 0 aromatic heterocycles. The largest absolute Gasteiger partial charge is 0.469 e. The molecular formula is C14H21NO3. The van der Waals surface area contributed by atoms with Gasteiger partial charge in [0.1, 0.15) is 0 Å². The Morgan fingerprint density at radius 2 is 1.94 bits per heavy atom. The average molecular weight is 251 g/mol. The van der Waals surface area contributed by atoms with Crippen LogP contribution in [0, 0.1) is 13.8 Å². The zero-order valence-corrected chi connectivity index (χ0v) is 11.2. The second-order valence-corrected chi connectivity index (χ2v) is 4.53. The van der Waals surface area contributed by atoms with E-state index in [1.165, 1.54) is 18.2 Å². The molecule has 0 spiro atoms. The molecule has 0 aliphatic rings. The van der Waals surface area contributed by atoms with E-state index in [0.29, 0.717) is 13.0 Å². The predicted octanol–water partition coefficient (Wildman–Crippen LogP) is 2.03. The summed E-state index contributed by atoms with van der Waals surface area (Å²) in [5.41, 5.74) is 3.35. The predicted molar refractivity (Wildman–Crippen MR) is 71.7 cm³/mol. The van der Waals surface area contributed by atoms with Crippen LogP contribution in [0.2, 0.25) is 0 Å². The first-order valence-corrected chi connectivity index (χ1v) is 6.08. The van der Waals surface area contributed by atoms with Gasteiger partial charge >= 0.3 is 5.97 Å². The Morgan fingerprint density at radius 1 is 1.33 bits per heavy atom. The van der Waals surface area contributed by atoms with Gasteiger partial charge in [-0.05, 0) is 43.5 Å². The van der Waals surface area contributed by atoms with Crippen molar-refractivity contribution in [1.82, 2.24) is 0 Å². The SMILES string of the molecule is COC(=O)CCC(O)CNc1cc(C)cc(C)c1. The van der Waals surface area contributed by atoms with E-state index < -0.39 is 6.10 Å². The van der Waals surface area contributed by atoms with Crippen LogP contribution in [0.1, 0.15) is 24.0 Å². The Morgan fingerprint density at radius 3 is 2.50 bits per heavy atom. The second kappa shape index (κ2) is 7.01. The van der Waals surface area contributed by atoms with Gasteiger partial charge in [-0.25, -0.2) is 0 Å². The number of methoxy groups -OCH3 is 1. The molecule has 0 saturated heterocycles. The molecule has 0 aliphatic carbocycles. The van der Waals surface area contributed by atoms with Gasteiger partial charge in [-0.2, -0.15) is 0 Å². The van der Waals surface area contributed by atoms with Gasteiger partial charge < -0.3 is 15.2 Å². The summed E-state index contributed by atoms with van der Waals surface area (Å²) in [4.78, 5) is 10.9. The number of anilines is 1. The zero-order chi connectivity index (χ0) is 13.5. The minimum absolute atomic E-state index is 0.242. The first kappa shape index (κ1) is 14.5. The van der Waals surface area contributed by atoms with Crippen molar-refractivity contribution < 1.29 is 14.6 Å². The Labute approximate surface area is 108 Å². The molecule has 1 unspecified atom stereocenters. The molecule has 18 heavy (non-hydrogen) atoms. The van der Waals surface area contributed by atoms with Crippen LogP contribution >= 0.6 is 0 Å². The molecule has 0 radical (unpaired) electrons. The summed E-state index contributed by atoms with van der Waals surface area (Å²) in [5.74, 6) is -0.291. The van der Waals surface area contributed by atoms with Crippen LogP contribution in [0.4, 0.5) is 5.69 Å². The normalized spacial score (nSPS) is 12.0. The van der Waals surface area contributed by atoms with Gasteiger partial charge in [-0.3, -0.25) is 4.79 Å². The molecular weight excluding hydrogens is 230 g/mol. The summed E-state index contributed by atoms with van der Waals surface area (Å²) in [7, 11) is 1.35. The number of rotatable bonds is 6. The summed E-state index contributed by atoms with van der Waals surface area (Å²) in [6, 6.07) is 6.15. The van der Waals surface area contributed by atoms with Crippen molar-refractivity contribution in [2.75, 3.05) is 19.0 Å². The number of benzene rings is 1. The maximum absolute atomic E-state index is 10.9. The molecule has 1 rings (SSSR count). The molecule has 0 bridgehead atoms. The van der Waals surface area contributed by atoms with Crippen molar-refractivity contribution in [3.05, 3.63) is 29.3 Å². The number of ether oxygens (including phenoxy) is 1. The van der Waals surface area contributed by atoms with Crippen LogP contribution in [0.3, 0.4) is 0 Å². The number of aryl methyl sites for hydroxylation is 2. The van der Waals surface area contributed by atoms with Crippen molar-refractivity contribution in [3.8, 4) is 0 Å². The van der Waals surface area contributed by atoms with E-state index >= 15 is 0 Å². The quantitative estimate of drug-likeness (QED) is 0.759. The van der Waals surface area contributed by atoms with Gasteiger partial charge in [0.15, 0.2) is 0 Å². The number of nitrogens with one attached hydrogen (secondary N) is 1. The number of aliphatic hydroxyl groups excluding tert-OH is 1. The fourth-order valence-electron chi connectivity index (χ4n) is 1.80. The van der Waals surface area contributed by atoms with Crippen molar-refractivity contribution in [2.45, 2.75) is 32.8 Å². The van der Waals surface area contributed by atoms with Crippen LogP contribution in [-0.4, -0.2) is 30.8 Å². The van der Waals surface area contributed by atoms with Crippen molar-refractivity contribution in [1.29, 1.82) is 0 Å². The first-order chi connectivity index (χ1) is 8.51. The zero-order valence-electron chi connectivity index (χ0n) is 11.2. The first-order valence-electron chi connectivity index (χ1n) is 6.08. The van der Waals surface area contributed by atoms with Crippen molar-refractivity contribution >= 4 is 11.7 Å². The Balaban J connectivity index is 2.37. The van der Waals surface area contributed by atoms with Crippen LogP contribution in [0.5, 0.6) is 0 Å². The van der Waals surface area contributed by atoms with E-state index in [2.05, 4.69) is 16.1 Å². The molecule has 2 N–H and O–H groups in total. The minimum atomic E-state index is -0.551. The number of carbonyl (C=O) groups is 1. The number of carbonyl (C=O) groups excluding carboxylic acids is 1. The summed E-state index contributed by atoms with van der Waals surface area (Å²) in [6.07, 6.45) is 0.0985. The topological polar surface area (TPSA) is 58.6 Å². The van der Waals surface area contributed by atoms with Gasteiger partial charge in [-0.1, -0.05) is 6.07 Å². The highest BCUT2D eigenvalue weighted by Crippen LogP contribution is 2.14. The lowest BCUT2D eigenvalue weighted by molar-refractivity contribution is -0.141. The van der Waals surface area contributed by atoms with E-state index in [9.17, 15) is 9.90 Å². The molecule has 4 nitrogen and oxygen atoms in total. The number of hydrogen-bond donors (Lipinski definition) is 2. The fraction of sp³-hybridized carbons (Fsp3) is 0.500. The van der Waals surface area contributed by atoms with Gasteiger partial charge in [0, 0.05) is 18.7 Å². The third-order valence-corrected chi connectivity index (χ3v) is 2.67. The van der Waals surface area contributed by atoms with Crippen LogP contribution in [0.15, 0.2) is 18.2 Å². The van der Waals surface area contributed by atoms with Crippen LogP contribution < -0.4 is 5.32 Å². The third kappa shape index (κ3) is 5.19. The molecule has 0 fully saturated rings. The number of aliphatic hydroxyl groups is 1. The summed E-state index contributed by atoms with van der Waals surface area (Å²) >= 11 is 0. The summed E-state index contributed by atoms with van der Waals surface area (Å²) < 4.78 is 4.52. The fourth-order valence-corrected chi connectivity index (χ4v) is 1.80. The van der Waals surface area contributed by atoms with E-state index in [-0.39, 0.29) is 12.4 Å². The summed E-state index contributed by atoms with van der Waals surface area (Å²) in [6.45, 7) is 4.50. The molecule has 1 atom stereocenters. The number of hydrogen-bond acceptors (Lipinski definition) is 4. The maximum atomic E-state index is 10.9. The van der Waals surface area contributed by atoms with Crippen LogP contribution in [-0.2, 0) is 9.53 Å². The molecule has 0 amide bonds. The van der Waals surface area contributed by atoms with E-state index in [0.717, 1.165) is 5.69 Å². The highest BCUT2D eigenvalue weighted by Gasteiger charge is 2.08. The van der Waals surface area contributed by atoms with Gasteiger partial charge in [-0.15, -0.1) is 0 Å². The maximum Gasteiger partial charge on any atom is 0.305 e. The van der Waals surface area contributed by atoms with E-state index in [1.807, 2.05) is 26.0 Å². The lowest BCUT2D eigenvalue weighted by atomic mass is 10.1. The molecule has 1 aromatic carbocycles. The molecule has 1 aromatic rings. The third-order valence-electron chi connectivity index (χ3n) is 2.67. The molecule has 0 aliphatic heterocycles. The van der Waals surface area contributed by atoms with Crippen molar-refractivity contribution in [3.63, 3.8) is 0 Å². The Hall–Kier alpha value is -1.55. The standard InChI is InChI=1S/C14H21NO3/c1-10-6-11(2)8-12(7-10)15-9-13(16)4-5-14(17)18-3/h6-8,13,15-16H,4-5,9H2,1-3H3. The molecule has 0 saturated carbocycles. The van der Waals surface area contributed by atoms with Crippen LogP contribution in [0.25, 0.3) is 0 Å². The molecule has 100 valence electrons. The average Bonchev–Trinajstić information content (AvgIpc) is 2.32. The minimum Gasteiger partial charge on any atom is -0.469 e. The number of esters is 1.